The molecule has 0 fully saturated rings. The number of hydrogen-bond acceptors (Lipinski definition) is 6. The standard InChI is InChI=1S/C24H25N3O6S/c1-15-12-22(16(2)27(15)13-18-4-10-21(11-5-18)34(25,31)32)24(30)33-14-23(29)19-6-8-20(9-7-19)26-17(3)28/h4-12H,13-14H2,1-3H3,(H,26,28)(H2,25,31,32). The third-order valence-corrected chi connectivity index (χ3v) is 6.18. The lowest BCUT2D eigenvalue weighted by atomic mass is 10.1. The molecule has 0 aliphatic heterocycles. The van der Waals surface area contributed by atoms with Gasteiger partial charge in [-0.25, -0.2) is 18.4 Å². The normalized spacial score (nSPS) is 11.2. The zero-order valence-corrected chi connectivity index (χ0v) is 19.8. The number of benzene rings is 2. The zero-order valence-electron chi connectivity index (χ0n) is 19.0. The van der Waals surface area contributed by atoms with Crippen LogP contribution in [0, 0.1) is 13.8 Å². The number of nitrogens with zero attached hydrogens (tertiary/aromatic N) is 1. The van der Waals surface area contributed by atoms with Crippen LogP contribution in [0.5, 0.6) is 0 Å². The molecule has 3 rings (SSSR count). The lowest BCUT2D eigenvalue weighted by molar-refractivity contribution is -0.114. The van der Waals surface area contributed by atoms with Crippen LogP contribution in [-0.4, -0.2) is 37.3 Å². The van der Waals surface area contributed by atoms with E-state index < -0.39 is 22.6 Å². The maximum atomic E-state index is 12.6. The number of hydrogen-bond donors (Lipinski definition) is 2. The first-order valence-corrected chi connectivity index (χ1v) is 11.9. The SMILES string of the molecule is CC(=O)Nc1ccc(C(=O)COC(=O)c2cc(C)n(Cc3ccc(S(N)(=O)=O)cc3)c2C)cc1. The molecule has 1 amide bonds. The summed E-state index contributed by atoms with van der Waals surface area (Å²) in [7, 11) is -3.77. The monoisotopic (exact) mass is 483 g/mol. The van der Waals surface area contributed by atoms with E-state index in [9.17, 15) is 22.8 Å². The van der Waals surface area contributed by atoms with Crippen molar-refractivity contribution in [1.82, 2.24) is 4.57 Å². The quantitative estimate of drug-likeness (QED) is 0.373. The highest BCUT2D eigenvalue weighted by atomic mass is 32.2. The van der Waals surface area contributed by atoms with Gasteiger partial charge in [-0.3, -0.25) is 9.59 Å². The highest BCUT2D eigenvalue weighted by Crippen LogP contribution is 2.19. The van der Waals surface area contributed by atoms with Crippen molar-refractivity contribution < 1.29 is 27.5 Å². The Labute approximate surface area is 197 Å². The first-order valence-electron chi connectivity index (χ1n) is 10.3. The molecule has 0 saturated carbocycles. The molecule has 0 aliphatic rings. The van der Waals surface area contributed by atoms with Crippen molar-refractivity contribution in [1.29, 1.82) is 0 Å². The van der Waals surface area contributed by atoms with Gasteiger partial charge >= 0.3 is 5.97 Å². The second kappa shape index (κ2) is 10.0. The molecule has 0 unspecified atom stereocenters. The van der Waals surface area contributed by atoms with Crippen LogP contribution in [0.25, 0.3) is 0 Å². The lowest BCUT2D eigenvalue weighted by Crippen LogP contribution is -2.15. The summed E-state index contributed by atoms with van der Waals surface area (Å²) in [6.07, 6.45) is 0. The average molecular weight is 484 g/mol. The van der Waals surface area contributed by atoms with Crippen molar-refractivity contribution in [2.45, 2.75) is 32.2 Å². The van der Waals surface area contributed by atoms with Gasteiger partial charge in [-0.1, -0.05) is 12.1 Å². The highest BCUT2D eigenvalue weighted by Gasteiger charge is 2.19. The molecule has 0 saturated heterocycles. The smallest absolute Gasteiger partial charge is 0.340 e. The number of carbonyl (C=O) groups is 3. The number of anilines is 1. The van der Waals surface area contributed by atoms with Crippen LogP contribution in [-0.2, 0) is 26.1 Å². The Bertz CT molecular complexity index is 1340. The van der Waals surface area contributed by atoms with Gasteiger partial charge in [-0.2, -0.15) is 0 Å². The molecule has 0 radical (unpaired) electrons. The molecule has 0 bridgehead atoms. The van der Waals surface area contributed by atoms with E-state index in [0.29, 0.717) is 29.1 Å². The van der Waals surface area contributed by atoms with Crippen molar-refractivity contribution in [2.24, 2.45) is 5.14 Å². The topological polar surface area (TPSA) is 138 Å². The second-order valence-electron chi connectivity index (χ2n) is 7.82. The summed E-state index contributed by atoms with van der Waals surface area (Å²) in [4.78, 5) is 36.1. The third kappa shape index (κ3) is 5.97. The molecule has 1 aromatic heterocycles. The van der Waals surface area contributed by atoms with E-state index in [1.165, 1.54) is 19.1 Å². The molecule has 0 atom stereocenters. The summed E-state index contributed by atoms with van der Waals surface area (Å²) in [5.41, 5.74) is 3.55. The lowest BCUT2D eigenvalue weighted by Gasteiger charge is -2.11. The van der Waals surface area contributed by atoms with Crippen molar-refractivity contribution in [3.05, 3.63) is 82.7 Å². The molecule has 3 aromatic rings. The molecule has 9 nitrogen and oxygen atoms in total. The van der Waals surface area contributed by atoms with Crippen LogP contribution in [0.1, 0.15) is 44.6 Å². The number of ether oxygens (including phenoxy) is 1. The number of amides is 1. The van der Waals surface area contributed by atoms with E-state index in [0.717, 1.165) is 11.3 Å². The first-order chi connectivity index (χ1) is 16.0. The molecule has 178 valence electrons. The molecular weight excluding hydrogens is 458 g/mol. The maximum Gasteiger partial charge on any atom is 0.340 e. The Hall–Kier alpha value is -3.76. The van der Waals surface area contributed by atoms with Gasteiger partial charge in [0.25, 0.3) is 0 Å². The minimum Gasteiger partial charge on any atom is -0.454 e. The fraction of sp³-hybridized carbons (Fsp3) is 0.208. The molecule has 2 aromatic carbocycles. The first kappa shape index (κ1) is 24.9. The average Bonchev–Trinajstić information content (AvgIpc) is 3.05. The van der Waals surface area contributed by atoms with Crippen molar-refractivity contribution >= 4 is 33.4 Å². The van der Waals surface area contributed by atoms with Crippen molar-refractivity contribution in [3.8, 4) is 0 Å². The number of esters is 1. The molecule has 0 aliphatic carbocycles. The predicted molar refractivity (Wildman–Crippen MR) is 126 cm³/mol. The largest absolute Gasteiger partial charge is 0.454 e. The second-order valence-corrected chi connectivity index (χ2v) is 9.38. The van der Waals surface area contributed by atoms with Crippen LogP contribution in [0.2, 0.25) is 0 Å². The Kier molecular flexibility index (Phi) is 7.33. The molecule has 0 spiro atoms. The summed E-state index contributed by atoms with van der Waals surface area (Å²) in [6.45, 7) is 4.99. The summed E-state index contributed by atoms with van der Waals surface area (Å²) in [5, 5.41) is 7.74. The third-order valence-electron chi connectivity index (χ3n) is 5.25. The summed E-state index contributed by atoms with van der Waals surface area (Å²) in [5.74, 6) is -1.20. The zero-order chi connectivity index (χ0) is 25.0. The van der Waals surface area contributed by atoms with E-state index >= 15 is 0 Å². The van der Waals surface area contributed by atoms with Gasteiger partial charge in [0.2, 0.25) is 15.9 Å². The summed E-state index contributed by atoms with van der Waals surface area (Å²) < 4.78 is 30.0. The number of nitrogens with two attached hydrogens (primary N) is 1. The van der Waals surface area contributed by atoms with E-state index in [1.54, 1.807) is 49.4 Å². The molecular formula is C24H25N3O6S. The number of ketones is 1. The van der Waals surface area contributed by atoms with Gasteiger partial charge < -0.3 is 14.6 Å². The Morgan fingerprint density at radius 1 is 1.00 bits per heavy atom. The van der Waals surface area contributed by atoms with Crippen LogP contribution in [0.15, 0.2) is 59.5 Å². The maximum absolute atomic E-state index is 12.6. The van der Waals surface area contributed by atoms with Crippen LogP contribution in [0.4, 0.5) is 5.69 Å². The van der Waals surface area contributed by atoms with Crippen LogP contribution < -0.4 is 10.5 Å². The fourth-order valence-corrected chi connectivity index (χ4v) is 3.97. The number of Topliss-reactive ketones (excluding diaryl/α,β-unsaturated/α-hetero) is 1. The van der Waals surface area contributed by atoms with E-state index in [4.69, 9.17) is 9.88 Å². The van der Waals surface area contributed by atoms with E-state index in [-0.39, 0.29) is 16.6 Å². The van der Waals surface area contributed by atoms with Crippen molar-refractivity contribution in [2.75, 3.05) is 11.9 Å². The van der Waals surface area contributed by atoms with Crippen molar-refractivity contribution in [3.63, 3.8) is 0 Å². The van der Waals surface area contributed by atoms with Crippen LogP contribution >= 0.6 is 0 Å². The number of primary sulfonamides is 1. The number of rotatable bonds is 8. The van der Waals surface area contributed by atoms with Gasteiger partial charge in [-0.05, 0) is 61.9 Å². The molecule has 10 heteroatoms. The summed E-state index contributed by atoms with van der Waals surface area (Å²) in [6, 6.07) is 14.2. The molecule has 1 heterocycles. The number of aryl methyl sites for hydroxylation is 1. The molecule has 34 heavy (non-hydrogen) atoms. The minimum absolute atomic E-state index is 0.0240. The van der Waals surface area contributed by atoms with Crippen LogP contribution in [0.3, 0.4) is 0 Å². The van der Waals surface area contributed by atoms with Gasteiger partial charge in [0, 0.05) is 36.1 Å². The number of carbonyl (C=O) groups excluding carboxylic acids is 3. The van der Waals surface area contributed by atoms with E-state index in [2.05, 4.69) is 5.32 Å². The van der Waals surface area contributed by atoms with Gasteiger partial charge in [0.05, 0.1) is 10.5 Å². The van der Waals surface area contributed by atoms with Gasteiger partial charge in [-0.15, -0.1) is 0 Å². The number of sulfonamides is 1. The minimum atomic E-state index is -3.77. The Balaban J connectivity index is 1.66. The molecule has 3 N–H and O–H groups in total. The Morgan fingerprint density at radius 3 is 2.18 bits per heavy atom. The highest BCUT2D eigenvalue weighted by molar-refractivity contribution is 7.89. The van der Waals surface area contributed by atoms with Gasteiger partial charge in [0.15, 0.2) is 12.4 Å². The number of nitrogens with one attached hydrogen (secondary N) is 1. The Morgan fingerprint density at radius 2 is 1.62 bits per heavy atom. The predicted octanol–water partition coefficient (Wildman–Crippen LogP) is 2.80. The van der Waals surface area contributed by atoms with E-state index in [1.807, 2.05) is 11.5 Å². The summed E-state index contributed by atoms with van der Waals surface area (Å²) >= 11 is 0. The fourth-order valence-electron chi connectivity index (χ4n) is 3.45. The van der Waals surface area contributed by atoms with Gasteiger partial charge in [0.1, 0.15) is 0 Å². The number of aromatic nitrogens is 1.